The van der Waals surface area contributed by atoms with Crippen LogP contribution in [0.2, 0.25) is 0 Å². The number of para-hydroxylation sites is 5. The maximum atomic E-state index is 2.73. The maximum Gasteiger partial charge on any atom is 0.332 e. The molecule has 0 spiro atoms. The van der Waals surface area contributed by atoms with Crippen molar-refractivity contribution in [1.29, 1.82) is 0 Å². The maximum absolute atomic E-state index is 2.73. The number of rotatable bonds is 6. The predicted octanol–water partition coefficient (Wildman–Crippen LogP) is 12.8. The van der Waals surface area contributed by atoms with Crippen LogP contribution in [-0.2, 0) is 12.8 Å². The molecule has 0 radical (unpaired) electrons. The largest absolute Gasteiger partial charge is 0.379 e. The summed E-state index contributed by atoms with van der Waals surface area (Å²) in [6.07, 6.45) is 9.12. The summed E-state index contributed by atoms with van der Waals surface area (Å²) < 4.78 is 10.3. The molecular weight excluding hydrogens is 751 g/mol. The second-order valence-corrected chi connectivity index (χ2v) is 17.5. The Labute approximate surface area is 359 Å². The minimum atomic E-state index is -0.0389. The van der Waals surface area contributed by atoms with Gasteiger partial charge in [0.15, 0.2) is 0 Å². The van der Waals surface area contributed by atoms with Crippen molar-refractivity contribution in [2.24, 2.45) is 0 Å². The van der Waals surface area contributed by atoms with Gasteiger partial charge in [-0.1, -0.05) is 129 Å². The fourth-order valence-electron chi connectivity index (χ4n) is 11.6. The lowest BCUT2D eigenvalue weighted by atomic mass is 9.48. The van der Waals surface area contributed by atoms with Gasteiger partial charge in [-0.25, -0.2) is 0 Å². The monoisotopic (exact) mass is 792 g/mol. The van der Waals surface area contributed by atoms with Gasteiger partial charge in [-0.05, 0) is 96.1 Å². The standard InChI is InChI=1S/C57H41BN4/c1-2-3-15-36-28-30-44-43-20-14-27-54(43)62(56(44)32-36)58-47-21-8-13-26-55(47)61-53-31-29-37(59-49-22-9-4-16-39(49)40-17-5-10-23-50(40)59)33-45(53)46-34-38(35-48(58)57(46)61)60-51-24-11-6-18-41(51)42-19-7-12-25-52(42)60/h4-14,16-26,28-35H,2-3,15,27H2,1H3. The fourth-order valence-corrected chi connectivity index (χ4v) is 11.6. The summed E-state index contributed by atoms with van der Waals surface area (Å²) in [4.78, 5) is 0. The predicted molar refractivity (Wildman–Crippen MR) is 263 cm³/mol. The first kappa shape index (κ1) is 34.2. The fraction of sp³-hybridized carbons (Fsp3) is 0.0877. The zero-order chi connectivity index (χ0) is 40.6. The van der Waals surface area contributed by atoms with Gasteiger partial charge in [-0.3, -0.25) is 0 Å². The lowest BCUT2D eigenvalue weighted by molar-refractivity contribution is 0.795. The molecule has 62 heavy (non-hydrogen) atoms. The first-order valence-electron chi connectivity index (χ1n) is 22.3. The second-order valence-electron chi connectivity index (χ2n) is 17.5. The van der Waals surface area contributed by atoms with Crippen LogP contribution in [-0.4, -0.2) is 25.0 Å². The summed E-state index contributed by atoms with van der Waals surface area (Å²) in [7, 11) is 0. The van der Waals surface area contributed by atoms with Gasteiger partial charge in [-0.2, -0.15) is 0 Å². The van der Waals surface area contributed by atoms with Crippen LogP contribution >= 0.6 is 0 Å². The molecule has 12 aromatic rings. The van der Waals surface area contributed by atoms with E-state index >= 15 is 0 Å². The first-order chi connectivity index (χ1) is 30.7. The third kappa shape index (κ3) is 4.52. The van der Waals surface area contributed by atoms with E-state index in [-0.39, 0.29) is 6.85 Å². The molecule has 5 heteroatoms. The van der Waals surface area contributed by atoms with Crippen LogP contribution < -0.4 is 10.9 Å². The summed E-state index contributed by atoms with van der Waals surface area (Å²) in [5, 5.41) is 8.97. The highest BCUT2D eigenvalue weighted by Gasteiger charge is 2.38. The van der Waals surface area contributed by atoms with E-state index in [2.05, 4.69) is 207 Å². The topological polar surface area (TPSA) is 19.7 Å². The van der Waals surface area contributed by atoms with E-state index in [0.29, 0.717) is 0 Å². The summed E-state index contributed by atoms with van der Waals surface area (Å²) >= 11 is 0. The van der Waals surface area contributed by atoms with Crippen molar-refractivity contribution >= 4 is 100 Å². The molecule has 5 heterocycles. The average Bonchev–Trinajstić information content (AvgIpc) is 4.14. The Morgan fingerprint density at radius 3 is 1.74 bits per heavy atom. The number of hydrogen-bond donors (Lipinski definition) is 0. The SMILES string of the molecule is CCCCc1ccc2c3c(n(B4c5ccccc5-n5c6ccc(-n7c8ccccc8c8ccccc87)cc6c6cc(-n7c8ccccc8c8ccccc87)cc4c65)c2c1)CC=C3. The van der Waals surface area contributed by atoms with Crippen LogP contribution in [0.3, 0.4) is 0 Å². The number of allylic oxidation sites excluding steroid dienone is 1. The van der Waals surface area contributed by atoms with Gasteiger partial charge in [0.05, 0.1) is 33.1 Å². The second kappa shape index (κ2) is 12.8. The highest BCUT2D eigenvalue weighted by Crippen LogP contribution is 2.41. The van der Waals surface area contributed by atoms with Crippen molar-refractivity contribution in [2.75, 3.05) is 0 Å². The van der Waals surface area contributed by atoms with E-state index in [1.807, 2.05) is 0 Å². The Morgan fingerprint density at radius 2 is 1.06 bits per heavy atom. The lowest BCUT2D eigenvalue weighted by Gasteiger charge is -2.29. The van der Waals surface area contributed by atoms with Crippen LogP contribution in [0.1, 0.15) is 36.6 Å². The highest BCUT2D eigenvalue weighted by atomic mass is 15.0. The normalized spacial score (nSPS) is 13.3. The molecule has 0 atom stereocenters. The molecule has 1 aliphatic heterocycles. The number of aromatic nitrogens is 4. The van der Waals surface area contributed by atoms with Gasteiger partial charge in [0.25, 0.3) is 0 Å². The van der Waals surface area contributed by atoms with Crippen LogP contribution in [0.15, 0.2) is 176 Å². The van der Waals surface area contributed by atoms with E-state index in [0.717, 1.165) is 12.8 Å². The molecule has 0 N–H and O–H groups in total. The van der Waals surface area contributed by atoms with Crippen LogP contribution in [0.5, 0.6) is 0 Å². The summed E-state index contributed by atoms with van der Waals surface area (Å²) in [6.45, 7) is 2.25. The number of nitrogens with zero attached hydrogens (tertiary/aromatic N) is 4. The Morgan fingerprint density at radius 1 is 0.468 bits per heavy atom. The molecule has 4 aromatic heterocycles. The van der Waals surface area contributed by atoms with Crippen molar-refractivity contribution in [2.45, 2.75) is 32.6 Å². The molecule has 8 aromatic carbocycles. The lowest BCUT2D eigenvalue weighted by Crippen LogP contribution is -2.53. The summed E-state index contributed by atoms with van der Waals surface area (Å²) in [5.41, 5.74) is 19.2. The number of hydrogen-bond acceptors (Lipinski definition) is 0. The van der Waals surface area contributed by atoms with E-state index < -0.39 is 0 Å². The Balaban J connectivity index is 1.14. The van der Waals surface area contributed by atoms with Crippen LogP contribution in [0, 0.1) is 0 Å². The third-order valence-corrected chi connectivity index (χ3v) is 14.2. The van der Waals surface area contributed by atoms with Gasteiger partial charge in [0.1, 0.15) is 0 Å². The Bertz CT molecular complexity index is 3800. The average molecular weight is 793 g/mol. The van der Waals surface area contributed by atoms with Crippen molar-refractivity contribution < 1.29 is 0 Å². The zero-order valence-electron chi connectivity index (χ0n) is 34.5. The van der Waals surface area contributed by atoms with Crippen molar-refractivity contribution in [3.63, 3.8) is 0 Å². The molecule has 292 valence electrons. The zero-order valence-corrected chi connectivity index (χ0v) is 34.5. The van der Waals surface area contributed by atoms with Crippen molar-refractivity contribution in [1.82, 2.24) is 18.2 Å². The number of unbranched alkanes of at least 4 members (excludes halogenated alkanes) is 1. The van der Waals surface area contributed by atoms with Crippen molar-refractivity contribution in [3.05, 3.63) is 193 Å². The number of benzene rings is 8. The van der Waals surface area contributed by atoms with Gasteiger partial charge < -0.3 is 18.2 Å². The molecule has 1 aliphatic carbocycles. The molecule has 0 fully saturated rings. The van der Waals surface area contributed by atoms with E-state index in [4.69, 9.17) is 0 Å². The molecule has 14 rings (SSSR count). The summed E-state index contributed by atoms with van der Waals surface area (Å²) in [6, 6.07) is 64.2. The first-order valence-corrected chi connectivity index (χ1v) is 22.3. The van der Waals surface area contributed by atoms with E-state index in [1.165, 1.54) is 134 Å². The molecule has 0 bridgehead atoms. The molecule has 0 unspecified atom stereocenters. The quantitative estimate of drug-likeness (QED) is 0.149. The highest BCUT2D eigenvalue weighted by molar-refractivity contribution is 6.88. The third-order valence-electron chi connectivity index (χ3n) is 14.2. The van der Waals surface area contributed by atoms with Gasteiger partial charge in [-0.15, -0.1) is 0 Å². The molecule has 0 amide bonds. The van der Waals surface area contributed by atoms with Crippen molar-refractivity contribution in [3.8, 4) is 17.1 Å². The molecule has 0 saturated carbocycles. The molecule has 2 aliphatic rings. The van der Waals surface area contributed by atoms with Gasteiger partial charge >= 0.3 is 6.85 Å². The minimum absolute atomic E-state index is 0.0389. The Hall–Kier alpha value is -7.50. The summed E-state index contributed by atoms with van der Waals surface area (Å²) in [5.74, 6) is 0. The Kier molecular flexibility index (Phi) is 7.05. The smallest absolute Gasteiger partial charge is 0.332 e. The van der Waals surface area contributed by atoms with Gasteiger partial charge in [0.2, 0.25) is 0 Å². The number of fused-ring (bicyclic) bond motifs is 14. The number of aryl methyl sites for hydroxylation is 1. The van der Waals surface area contributed by atoms with E-state index in [9.17, 15) is 0 Å². The van der Waals surface area contributed by atoms with Crippen LogP contribution in [0.4, 0.5) is 0 Å². The minimum Gasteiger partial charge on any atom is -0.379 e. The van der Waals surface area contributed by atoms with Crippen LogP contribution in [0.25, 0.3) is 99.5 Å². The molecule has 0 saturated heterocycles. The molecule has 4 nitrogen and oxygen atoms in total. The van der Waals surface area contributed by atoms with E-state index in [1.54, 1.807) is 0 Å². The van der Waals surface area contributed by atoms with Gasteiger partial charge in [0, 0.05) is 78.0 Å². The molecular formula is C57H41BN4.